The number of pyridine rings is 1. The lowest BCUT2D eigenvalue weighted by molar-refractivity contribution is 0.132. The van der Waals surface area contributed by atoms with E-state index in [-0.39, 0.29) is 6.61 Å². The zero-order valence-electron chi connectivity index (χ0n) is 23.2. The number of piperazine rings is 1. The van der Waals surface area contributed by atoms with Crippen LogP contribution in [0.1, 0.15) is 36.2 Å². The van der Waals surface area contributed by atoms with E-state index in [2.05, 4.69) is 52.4 Å². The van der Waals surface area contributed by atoms with E-state index >= 15 is 0 Å². The van der Waals surface area contributed by atoms with Crippen LogP contribution in [0.25, 0.3) is 16.8 Å². The first-order valence-corrected chi connectivity index (χ1v) is 13.8. The molecule has 7 nitrogen and oxygen atoms in total. The predicted molar refractivity (Wildman–Crippen MR) is 152 cm³/mol. The zero-order chi connectivity index (χ0) is 28.2. The molecule has 4 aromatic rings. The molecule has 0 saturated carbocycles. The molecule has 0 unspecified atom stereocenters. The second-order valence-corrected chi connectivity index (χ2v) is 10.2. The van der Waals surface area contributed by atoms with Crippen LogP contribution in [0.5, 0.6) is 0 Å². The summed E-state index contributed by atoms with van der Waals surface area (Å²) in [5.41, 5.74) is 6.17. The molecule has 9 heteroatoms. The summed E-state index contributed by atoms with van der Waals surface area (Å²) in [5.74, 6) is -1.40. The highest BCUT2D eigenvalue weighted by atomic mass is 19.2. The minimum atomic E-state index is -0.984. The van der Waals surface area contributed by atoms with Gasteiger partial charge >= 0.3 is 6.09 Å². The number of hydrogen-bond acceptors (Lipinski definition) is 5. The van der Waals surface area contributed by atoms with E-state index in [1.54, 1.807) is 0 Å². The molecule has 1 aliphatic heterocycles. The van der Waals surface area contributed by atoms with Gasteiger partial charge in [-0.1, -0.05) is 44.2 Å². The van der Waals surface area contributed by atoms with Gasteiger partial charge in [-0.25, -0.2) is 18.6 Å². The summed E-state index contributed by atoms with van der Waals surface area (Å²) in [4.78, 5) is 22.4. The van der Waals surface area contributed by atoms with Crippen molar-refractivity contribution < 1.29 is 18.3 Å². The van der Waals surface area contributed by atoms with Gasteiger partial charge in [0, 0.05) is 38.9 Å². The van der Waals surface area contributed by atoms with Crippen LogP contribution in [0.2, 0.25) is 0 Å². The number of aryl methyl sites for hydroxylation is 2. The molecule has 3 heterocycles. The Hall–Kier alpha value is -3.82. The molecule has 1 N–H and O–H groups in total. The maximum atomic E-state index is 13.5. The molecule has 0 spiro atoms. The van der Waals surface area contributed by atoms with E-state index in [1.807, 2.05) is 24.4 Å². The lowest BCUT2D eigenvalue weighted by atomic mass is 10.0. The third kappa shape index (κ3) is 6.16. The van der Waals surface area contributed by atoms with E-state index in [0.29, 0.717) is 17.8 Å². The van der Waals surface area contributed by atoms with Gasteiger partial charge in [0.05, 0.1) is 5.69 Å². The smallest absolute Gasteiger partial charge is 0.413 e. The number of rotatable bonds is 8. The highest BCUT2D eigenvalue weighted by molar-refractivity contribution is 5.85. The number of nitrogens with zero attached hydrogens (tertiary/aromatic N) is 4. The average molecular weight is 548 g/mol. The third-order valence-corrected chi connectivity index (χ3v) is 7.49. The molecule has 0 bridgehead atoms. The highest BCUT2D eigenvalue weighted by Crippen LogP contribution is 2.28. The van der Waals surface area contributed by atoms with Gasteiger partial charge in [0.2, 0.25) is 0 Å². The average Bonchev–Trinajstić information content (AvgIpc) is 3.32. The van der Waals surface area contributed by atoms with Crippen LogP contribution in [-0.4, -0.2) is 58.0 Å². The molecule has 40 heavy (non-hydrogen) atoms. The van der Waals surface area contributed by atoms with Crippen molar-refractivity contribution in [3.05, 3.63) is 88.7 Å². The minimum absolute atomic E-state index is 0.188. The summed E-state index contributed by atoms with van der Waals surface area (Å²) in [6.45, 7) is 12.5. The number of aromatic nitrogens is 2. The van der Waals surface area contributed by atoms with E-state index in [4.69, 9.17) is 9.72 Å². The zero-order valence-corrected chi connectivity index (χ0v) is 23.2. The normalized spacial score (nSPS) is 14.5. The summed E-state index contributed by atoms with van der Waals surface area (Å²) in [6, 6.07) is 14.1. The number of halogens is 2. The summed E-state index contributed by atoms with van der Waals surface area (Å²) >= 11 is 0. The van der Waals surface area contributed by atoms with Gasteiger partial charge in [-0.3, -0.25) is 14.6 Å². The molecule has 5 rings (SSSR count). The predicted octanol–water partition coefficient (Wildman–Crippen LogP) is 6.04. The summed E-state index contributed by atoms with van der Waals surface area (Å²) < 4.78 is 33.9. The number of anilines is 1. The van der Waals surface area contributed by atoms with Gasteiger partial charge in [-0.2, -0.15) is 0 Å². The Kier molecular flexibility index (Phi) is 8.42. The molecule has 2 aromatic heterocycles. The fourth-order valence-corrected chi connectivity index (χ4v) is 5.13. The van der Waals surface area contributed by atoms with Crippen LogP contribution in [0.3, 0.4) is 0 Å². The van der Waals surface area contributed by atoms with E-state index in [9.17, 15) is 13.6 Å². The van der Waals surface area contributed by atoms with E-state index in [1.165, 1.54) is 11.6 Å². The standard InChI is InChI=1S/C31H35F2N5O2/c1-4-28-30(35-31(39)40-20-23-8-11-26(32)27(33)17-23)38-19-25(16-21(3)29(38)34-28)24-9-6-22(7-10-24)18-37-14-12-36(5-2)13-15-37/h6-11,16-17,19H,4-5,12-15,18,20H2,1-3H3,(H,35,39). The van der Waals surface area contributed by atoms with Crippen LogP contribution >= 0.6 is 0 Å². The Morgan fingerprint density at radius 1 is 0.925 bits per heavy atom. The number of hydrogen-bond donors (Lipinski definition) is 1. The molecule has 2 aromatic carbocycles. The SMILES string of the molecule is CCc1nc2c(C)cc(-c3ccc(CN4CCN(CC)CC4)cc3)cn2c1NC(=O)OCc1ccc(F)c(F)c1. The fourth-order valence-electron chi connectivity index (χ4n) is 5.13. The van der Waals surface area contributed by atoms with Crippen molar-refractivity contribution in [2.75, 3.05) is 38.0 Å². The lowest BCUT2D eigenvalue weighted by Gasteiger charge is -2.34. The molecule has 1 amide bonds. The van der Waals surface area contributed by atoms with Gasteiger partial charge < -0.3 is 9.64 Å². The van der Waals surface area contributed by atoms with Gasteiger partial charge in [-0.05, 0) is 65.9 Å². The van der Waals surface area contributed by atoms with Crippen molar-refractivity contribution in [2.45, 2.75) is 40.3 Å². The molecule has 1 fully saturated rings. The summed E-state index contributed by atoms with van der Waals surface area (Å²) in [7, 11) is 0. The Labute approximate surface area is 233 Å². The number of amides is 1. The van der Waals surface area contributed by atoms with Crippen molar-refractivity contribution in [1.82, 2.24) is 19.2 Å². The number of nitrogens with one attached hydrogen (secondary N) is 1. The Morgan fingerprint density at radius 3 is 2.30 bits per heavy atom. The number of carbonyl (C=O) groups excluding carboxylic acids is 1. The molecule has 1 aliphatic rings. The Balaban J connectivity index is 1.32. The lowest BCUT2D eigenvalue weighted by Crippen LogP contribution is -2.45. The third-order valence-electron chi connectivity index (χ3n) is 7.49. The number of ether oxygens (including phenoxy) is 1. The largest absolute Gasteiger partial charge is 0.444 e. The van der Waals surface area contributed by atoms with Gasteiger partial charge in [0.1, 0.15) is 18.1 Å². The van der Waals surface area contributed by atoms with Gasteiger partial charge in [0.25, 0.3) is 0 Å². The number of imidazole rings is 1. The number of fused-ring (bicyclic) bond motifs is 1. The first kappa shape index (κ1) is 27.7. The van der Waals surface area contributed by atoms with Gasteiger partial charge in [-0.15, -0.1) is 0 Å². The van der Waals surface area contributed by atoms with Crippen LogP contribution in [0, 0.1) is 18.6 Å². The quantitative estimate of drug-likeness (QED) is 0.292. The van der Waals surface area contributed by atoms with Crippen molar-refractivity contribution >= 4 is 17.6 Å². The molecule has 0 aliphatic carbocycles. The van der Waals surface area contributed by atoms with Crippen LogP contribution < -0.4 is 5.32 Å². The number of benzene rings is 2. The van der Waals surface area contributed by atoms with Crippen molar-refractivity contribution in [3.63, 3.8) is 0 Å². The molecular formula is C31H35F2N5O2. The van der Waals surface area contributed by atoms with Crippen LogP contribution in [-0.2, 0) is 24.3 Å². The molecule has 0 radical (unpaired) electrons. The molecule has 1 saturated heterocycles. The minimum Gasteiger partial charge on any atom is -0.444 e. The van der Waals surface area contributed by atoms with Crippen molar-refractivity contribution in [1.29, 1.82) is 0 Å². The maximum absolute atomic E-state index is 13.5. The first-order chi connectivity index (χ1) is 19.3. The monoisotopic (exact) mass is 547 g/mol. The molecule has 210 valence electrons. The Morgan fingerprint density at radius 2 is 1.62 bits per heavy atom. The van der Waals surface area contributed by atoms with E-state index < -0.39 is 17.7 Å². The number of likely N-dealkylation sites (N-methyl/N-ethyl adjacent to an activating group) is 1. The second-order valence-electron chi connectivity index (χ2n) is 10.2. The van der Waals surface area contributed by atoms with Crippen LogP contribution in [0.15, 0.2) is 54.7 Å². The summed E-state index contributed by atoms with van der Waals surface area (Å²) in [6.07, 6.45) is 1.88. The Bertz CT molecular complexity index is 1490. The van der Waals surface area contributed by atoms with Gasteiger partial charge in [0.15, 0.2) is 11.6 Å². The summed E-state index contributed by atoms with van der Waals surface area (Å²) in [5, 5.41) is 2.81. The second kappa shape index (κ2) is 12.1. The molecular weight excluding hydrogens is 512 g/mol. The molecule has 0 atom stereocenters. The maximum Gasteiger partial charge on any atom is 0.413 e. The van der Waals surface area contributed by atoms with Crippen molar-refractivity contribution in [2.24, 2.45) is 0 Å². The van der Waals surface area contributed by atoms with Crippen LogP contribution in [0.4, 0.5) is 19.4 Å². The topological polar surface area (TPSA) is 62.1 Å². The van der Waals surface area contributed by atoms with E-state index in [0.717, 1.165) is 79.4 Å². The number of carbonyl (C=O) groups is 1. The fraction of sp³-hybridized carbons (Fsp3) is 0.355. The highest BCUT2D eigenvalue weighted by Gasteiger charge is 2.18. The first-order valence-electron chi connectivity index (χ1n) is 13.8. The van der Waals surface area contributed by atoms with Crippen molar-refractivity contribution in [3.8, 4) is 11.1 Å².